The molecule has 1 aromatic heterocycles. The predicted molar refractivity (Wildman–Crippen MR) is 115 cm³/mol. The van der Waals surface area contributed by atoms with Gasteiger partial charge < -0.3 is 10.2 Å². The molecule has 3 aromatic rings. The number of carbonyl (C=O) groups is 1. The van der Waals surface area contributed by atoms with Gasteiger partial charge in [-0.1, -0.05) is 18.2 Å². The van der Waals surface area contributed by atoms with Gasteiger partial charge in [0.1, 0.15) is 0 Å². The number of nitro benzene ring substituents is 1. The van der Waals surface area contributed by atoms with Crippen molar-refractivity contribution in [2.45, 2.75) is 19.8 Å². The van der Waals surface area contributed by atoms with Gasteiger partial charge in [-0.25, -0.2) is 0 Å². The topological polar surface area (TPSA) is 101 Å². The van der Waals surface area contributed by atoms with Gasteiger partial charge in [-0.05, 0) is 50.1 Å². The molecule has 4 rings (SSSR count). The van der Waals surface area contributed by atoms with Crippen molar-refractivity contribution >= 4 is 23.1 Å². The first-order chi connectivity index (χ1) is 14.5. The van der Waals surface area contributed by atoms with E-state index >= 15 is 0 Å². The fourth-order valence-corrected chi connectivity index (χ4v) is 3.47. The quantitative estimate of drug-likeness (QED) is 0.506. The summed E-state index contributed by atoms with van der Waals surface area (Å²) in [6, 6.07) is 15.6. The number of nitro groups is 1. The lowest BCUT2D eigenvalue weighted by molar-refractivity contribution is -0.385. The first kappa shape index (κ1) is 19.5. The van der Waals surface area contributed by atoms with Crippen LogP contribution in [0.1, 0.15) is 28.8 Å². The van der Waals surface area contributed by atoms with Crippen molar-refractivity contribution < 1.29 is 9.72 Å². The maximum absolute atomic E-state index is 12.5. The number of amides is 1. The van der Waals surface area contributed by atoms with Crippen LogP contribution in [-0.4, -0.2) is 34.1 Å². The molecule has 0 unspecified atom stereocenters. The van der Waals surface area contributed by atoms with Crippen LogP contribution in [0.2, 0.25) is 0 Å². The monoisotopic (exact) mass is 403 g/mol. The van der Waals surface area contributed by atoms with Crippen LogP contribution >= 0.6 is 0 Å². The minimum Gasteiger partial charge on any atom is -0.355 e. The van der Waals surface area contributed by atoms with Crippen LogP contribution in [0.4, 0.5) is 17.2 Å². The van der Waals surface area contributed by atoms with Crippen molar-refractivity contribution in [1.29, 1.82) is 0 Å². The third-order valence-corrected chi connectivity index (χ3v) is 5.19. The number of nitrogens with zero attached hydrogens (tertiary/aromatic N) is 4. The molecule has 0 aliphatic carbocycles. The molecule has 0 radical (unpaired) electrons. The van der Waals surface area contributed by atoms with E-state index < -0.39 is 10.8 Å². The molecule has 1 fully saturated rings. The lowest BCUT2D eigenvalue weighted by Crippen LogP contribution is -2.19. The zero-order valence-electron chi connectivity index (χ0n) is 16.5. The average molecular weight is 403 g/mol. The summed E-state index contributed by atoms with van der Waals surface area (Å²) >= 11 is 0. The normalized spacial score (nSPS) is 13.3. The van der Waals surface area contributed by atoms with E-state index in [1.807, 2.05) is 24.3 Å². The van der Waals surface area contributed by atoms with Gasteiger partial charge in [-0.15, -0.1) is 10.2 Å². The molecule has 1 amide bonds. The van der Waals surface area contributed by atoms with Crippen LogP contribution in [0.25, 0.3) is 11.3 Å². The molecular weight excluding hydrogens is 382 g/mol. The number of hydrogen-bond donors (Lipinski definition) is 1. The molecule has 8 nitrogen and oxygen atoms in total. The first-order valence-corrected chi connectivity index (χ1v) is 9.77. The van der Waals surface area contributed by atoms with Crippen LogP contribution < -0.4 is 10.2 Å². The van der Waals surface area contributed by atoms with E-state index in [4.69, 9.17) is 0 Å². The van der Waals surface area contributed by atoms with Crippen molar-refractivity contribution in [2.75, 3.05) is 23.3 Å². The Kier molecular flexibility index (Phi) is 5.38. The molecule has 2 aromatic carbocycles. The largest absolute Gasteiger partial charge is 0.355 e. The lowest BCUT2D eigenvalue weighted by Gasteiger charge is -2.15. The Morgan fingerprint density at radius 2 is 1.77 bits per heavy atom. The zero-order valence-corrected chi connectivity index (χ0v) is 16.5. The molecule has 0 spiro atoms. The average Bonchev–Trinajstić information content (AvgIpc) is 3.29. The predicted octanol–water partition coefficient (Wildman–Crippen LogP) is 4.21. The number of aromatic nitrogens is 2. The zero-order chi connectivity index (χ0) is 21.1. The molecule has 0 saturated carbocycles. The van der Waals surface area contributed by atoms with Crippen molar-refractivity contribution in [3.63, 3.8) is 0 Å². The second-order valence-electron chi connectivity index (χ2n) is 7.26. The maximum Gasteiger partial charge on any atom is 0.273 e. The van der Waals surface area contributed by atoms with E-state index in [0.717, 1.165) is 30.2 Å². The minimum absolute atomic E-state index is 0.0750. The van der Waals surface area contributed by atoms with Crippen molar-refractivity contribution in [2.24, 2.45) is 0 Å². The third kappa shape index (κ3) is 4.12. The fourth-order valence-electron chi connectivity index (χ4n) is 3.47. The SMILES string of the molecule is Cc1ccc(C(=O)Nc2ccc(-c3ccc(N4CCCC4)nn3)cc2)cc1[N+](=O)[O-]. The van der Waals surface area contributed by atoms with Gasteiger partial charge in [0.25, 0.3) is 11.6 Å². The van der Waals surface area contributed by atoms with Crippen molar-refractivity contribution in [3.05, 3.63) is 75.8 Å². The van der Waals surface area contributed by atoms with Gasteiger partial charge in [0.05, 0.1) is 10.6 Å². The highest BCUT2D eigenvalue weighted by molar-refractivity contribution is 6.04. The highest BCUT2D eigenvalue weighted by atomic mass is 16.6. The van der Waals surface area contributed by atoms with E-state index in [1.54, 1.807) is 31.2 Å². The van der Waals surface area contributed by atoms with E-state index in [2.05, 4.69) is 20.4 Å². The van der Waals surface area contributed by atoms with E-state index in [0.29, 0.717) is 11.3 Å². The van der Waals surface area contributed by atoms with Crippen LogP contribution in [0.15, 0.2) is 54.6 Å². The molecule has 0 bridgehead atoms. The Morgan fingerprint density at radius 1 is 1.03 bits per heavy atom. The lowest BCUT2D eigenvalue weighted by atomic mass is 10.1. The van der Waals surface area contributed by atoms with Crippen molar-refractivity contribution in [1.82, 2.24) is 10.2 Å². The standard InChI is InChI=1S/C22H21N5O3/c1-15-4-5-17(14-20(15)27(29)30)22(28)23-18-8-6-16(7-9-18)19-10-11-21(25-24-19)26-12-2-3-13-26/h4-11,14H,2-3,12-13H2,1H3,(H,23,28). The van der Waals surface area contributed by atoms with Gasteiger partial charge >= 0.3 is 0 Å². The van der Waals surface area contributed by atoms with Crippen LogP contribution in [0, 0.1) is 17.0 Å². The molecule has 1 aliphatic rings. The second-order valence-corrected chi connectivity index (χ2v) is 7.26. The summed E-state index contributed by atoms with van der Waals surface area (Å²) in [4.78, 5) is 25.3. The molecule has 152 valence electrons. The Balaban J connectivity index is 1.45. The number of aryl methyl sites for hydroxylation is 1. The van der Waals surface area contributed by atoms with E-state index in [9.17, 15) is 14.9 Å². The van der Waals surface area contributed by atoms with Crippen LogP contribution in [-0.2, 0) is 0 Å². The summed E-state index contributed by atoms with van der Waals surface area (Å²) in [5.74, 6) is 0.493. The fraction of sp³-hybridized carbons (Fsp3) is 0.227. The smallest absolute Gasteiger partial charge is 0.273 e. The Labute approximate surface area is 173 Å². The van der Waals surface area contributed by atoms with Gasteiger partial charge in [-0.2, -0.15) is 0 Å². The molecule has 1 N–H and O–H groups in total. The van der Waals surface area contributed by atoms with Crippen LogP contribution in [0.3, 0.4) is 0 Å². The summed E-state index contributed by atoms with van der Waals surface area (Å²) < 4.78 is 0. The third-order valence-electron chi connectivity index (χ3n) is 5.19. The summed E-state index contributed by atoms with van der Waals surface area (Å²) in [6.45, 7) is 3.68. The molecule has 2 heterocycles. The van der Waals surface area contributed by atoms with Gasteiger partial charge in [0, 0.05) is 41.5 Å². The second kappa shape index (κ2) is 8.28. The first-order valence-electron chi connectivity index (χ1n) is 9.77. The molecule has 30 heavy (non-hydrogen) atoms. The molecule has 1 saturated heterocycles. The number of anilines is 2. The molecule has 0 atom stereocenters. The van der Waals surface area contributed by atoms with Gasteiger partial charge in [0.15, 0.2) is 5.82 Å². The summed E-state index contributed by atoms with van der Waals surface area (Å²) in [7, 11) is 0. The van der Waals surface area contributed by atoms with Gasteiger partial charge in [0.2, 0.25) is 0 Å². The van der Waals surface area contributed by atoms with E-state index in [1.165, 1.54) is 18.9 Å². The Hall–Kier alpha value is -3.81. The summed E-state index contributed by atoms with van der Waals surface area (Å²) in [5, 5.41) is 22.5. The Bertz CT molecular complexity index is 1070. The van der Waals surface area contributed by atoms with Crippen LogP contribution in [0.5, 0.6) is 0 Å². The number of nitrogens with one attached hydrogen (secondary N) is 1. The molecular formula is C22H21N5O3. The minimum atomic E-state index is -0.489. The number of benzene rings is 2. The highest BCUT2D eigenvalue weighted by Gasteiger charge is 2.16. The molecule has 1 aliphatic heterocycles. The number of rotatable bonds is 5. The van der Waals surface area contributed by atoms with Crippen molar-refractivity contribution in [3.8, 4) is 11.3 Å². The Morgan fingerprint density at radius 3 is 2.40 bits per heavy atom. The highest BCUT2D eigenvalue weighted by Crippen LogP contribution is 2.23. The number of carbonyl (C=O) groups excluding carboxylic acids is 1. The summed E-state index contributed by atoms with van der Waals surface area (Å²) in [5.41, 5.74) is 2.91. The summed E-state index contributed by atoms with van der Waals surface area (Å²) in [6.07, 6.45) is 2.37. The van der Waals surface area contributed by atoms with E-state index in [-0.39, 0.29) is 11.3 Å². The molecule has 8 heteroatoms. The van der Waals surface area contributed by atoms with Gasteiger partial charge in [-0.3, -0.25) is 14.9 Å². The maximum atomic E-state index is 12.5. The number of hydrogen-bond acceptors (Lipinski definition) is 6.